The average molecular weight is 275 g/mol. The van der Waals surface area contributed by atoms with Crippen LogP contribution in [0.4, 0.5) is 0 Å². The fourth-order valence-electron chi connectivity index (χ4n) is 1.82. The monoisotopic (exact) mass is 275 g/mol. The van der Waals surface area contributed by atoms with Gasteiger partial charge in [-0.05, 0) is 30.5 Å². The van der Waals surface area contributed by atoms with Gasteiger partial charge in [0.2, 0.25) is 0 Å². The molecule has 0 unspecified atom stereocenters. The molecule has 4 nitrogen and oxygen atoms in total. The molecule has 1 amide bonds. The lowest BCUT2D eigenvalue weighted by molar-refractivity contribution is 0.0754. The molecular weight excluding hydrogens is 258 g/mol. The Morgan fingerprint density at radius 1 is 1.47 bits per heavy atom. The molecule has 0 atom stereocenters. The number of nitrogens with zero attached hydrogens (tertiary/aromatic N) is 2. The highest BCUT2D eigenvalue weighted by Crippen LogP contribution is 2.14. The summed E-state index contributed by atoms with van der Waals surface area (Å²) >= 11 is 1.66. The van der Waals surface area contributed by atoms with Crippen LogP contribution < -0.4 is 5.73 Å². The predicted molar refractivity (Wildman–Crippen MR) is 76.9 cm³/mol. The first-order valence-corrected chi connectivity index (χ1v) is 7.09. The average Bonchev–Trinajstić information content (AvgIpc) is 2.97. The maximum absolute atomic E-state index is 12.4. The van der Waals surface area contributed by atoms with Gasteiger partial charge >= 0.3 is 0 Å². The fourth-order valence-corrected chi connectivity index (χ4v) is 2.54. The van der Waals surface area contributed by atoms with Crippen molar-refractivity contribution in [1.29, 1.82) is 0 Å². The first-order valence-electron chi connectivity index (χ1n) is 6.21. The van der Waals surface area contributed by atoms with Crippen LogP contribution in [0.15, 0.2) is 35.8 Å². The molecular formula is C14H17N3OS. The van der Waals surface area contributed by atoms with Gasteiger partial charge in [-0.15, -0.1) is 11.3 Å². The number of amides is 1. The summed E-state index contributed by atoms with van der Waals surface area (Å²) in [6, 6.07) is 7.54. The zero-order valence-electron chi connectivity index (χ0n) is 10.9. The highest BCUT2D eigenvalue weighted by atomic mass is 32.1. The number of aromatic nitrogens is 1. The van der Waals surface area contributed by atoms with Gasteiger partial charge < -0.3 is 10.6 Å². The van der Waals surface area contributed by atoms with E-state index in [-0.39, 0.29) is 5.91 Å². The number of rotatable bonds is 5. The molecule has 2 aromatic rings. The first-order chi connectivity index (χ1) is 9.24. The van der Waals surface area contributed by atoms with E-state index in [0.717, 1.165) is 5.69 Å². The van der Waals surface area contributed by atoms with Crippen molar-refractivity contribution in [3.05, 3.63) is 52.0 Å². The van der Waals surface area contributed by atoms with Crippen molar-refractivity contribution in [2.45, 2.75) is 20.0 Å². The molecule has 2 heterocycles. The maximum Gasteiger partial charge on any atom is 0.254 e. The van der Waals surface area contributed by atoms with Crippen LogP contribution in [-0.4, -0.2) is 22.3 Å². The van der Waals surface area contributed by atoms with Crippen molar-refractivity contribution >= 4 is 17.2 Å². The molecule has 0 aliphatic heterocycles. The molecule has 5 heteroatoms. The highest BCUT2D eigenvalue weighted by Gasteiger charge is 2.15. The third-order valence-corrected chi connectivity index (χ3v) is 3.73. The van der Waals surface area contributed by atoms with Gasteiger partial charge in [0.05, 0.1) is 12.2 Å². The Balaban J connectivity index is 2.15. The van der Waals surface area contributed by atoms with Gasteiger partial charge in [0.25, 0.3) is 5.91 Å². The smallest absolute Gasteiger partial charge is 0.254 e. The van der Waals surface area contributed by atoms with Gasteiger partial charge in [-0.1, -0.05) is 6.07 Å². The lowest BCUT2D eigenvalue weighted by Crippen LogP contribution is -2.30. The molecule has 0 saturated carbocycles. The van der Waals surface area contributed by atoms with Crippen LogP contribution in [0, 0.1) is 0 Å². The Bertz CT molecular complexity index is 539. The lowest BCUT2D eigenvalue weighted by Gasteiger charge is -2.20. The largest absolute Gasteiger partial charge is 0.334 e. The van der Waals surface area contributed by atoms with Crippen LogP contribution in [0.25, 0.3) is 0 Å². The number of nitrogens with two attached hydrogens (primary N) is 1. The van der Waals surface area contributed by atoms with Gasteiger partial charge in [-0.2, -0.15) is 0 Å². The molecule has 0 aliphatic carbocycles. The third-order valence-electron chi connectivity index (χ3n) is 2.87. The summed E-state index contributed by atoms with van der Waals surface area (Å²) in [5.41, 5.74) is 6.93. The van der Waals surface area contributed by atoms with Crippen molar-refractivity contribution in [3.63, 3.8) is 0 Å². The van der Waals surface area contributed by atoms with Crippen molar-refractivity contribution < 1.29 is 4.79 Å². The summed E-state index contributed by atoms with van der Waals surface area (Å²) in [7, 11) is 0. The number of hydrogen-bond acceptors (Lipinski definition) is 4. The highest BCUT2D eigenvalue weighted by molar-refractivity contribution is 7.09. The van der Waals surface area contributed by atoms with E-state index in [9.17, 15) is 4.79 Å². The van der Waals surface area contributed by atoms with E-state index < -0.39 is 0 Å². The second kappa shape index (κ2) is 6.45. The molecule has 0 fully saturated rings. The Morgan fingerprint density at radius 3 is 2.95 bits per heavy atom. The van der Waals surface area contributed by atoms with Crippen LogP contribution in [0.5, 0.6) is 0 Å². The van der Waals surface area contributed by atoms with Crippen LogP contribution in [0.1, 0.15) is 27.9 Å². The fraction of sp³-hybridized carbons (Fsp3) is 0.286. The van der Waals surface area contributed by atoms with Gasteiger partial charge in [-0.25, -0.2) is 0 Å². The molecule has 19 heavy (non-hydrogen) atoms. The van der Waals surface area contributed by atoms with Crippen molar-refractivity contribution in [2.75, 3.05) is 6.54 Å². The number of pyridine rings is 1. The summed E-state index contributed by atoms with van der Waals surface area (Å²) in [4.78, 5) is 19.5. The summed E-state index contributed by atoms with van der Waals surface area (Å²) in [6.45, 7) is 3.65. The number of thiophene rings is 1. The quantitative estimate of drug-likeness (QED) is 0.910. The maximum atomic E-state index is 12.4. The van der Waals surface area contributed by atoms with E-state index in [1.807, 2.05) is 29.3 Å². The van der Waals surface area contributed by atoms with Crippen LogP contribution in [-0.2, 0) is 13.1 Å². The summed E-state index contributed by atoms with van der Waals surface area (Å²) in [5, 5.41) is 2.02. The van der Waals surface area contributed by atoms with Gasteiger partial charge in [0, 0.05) is 29.7 Å². The molecule has 0 aliphatic rings. The van der Waals surface area contributed by atoms with E-state index in [1.165, 1.54) is 4.88 Å². The Labute approximate surface area is 116 Å². The predicted octanol–water partition coefficient (Wildman–Crippen LogP) is 2.26. The molecule has 0 spiro atoms. The molecule has 0 saturated heterocycles. The second-order valence-corrected chi connectivity index (χ2v) is 5.17. The van der Waals surface area contributed by atoms with Crippen molar-refractivity contribution in [3.8, 4) is 0 Å². The van der Waals surface area contributed by atoms with Crippen LogP contribution in [0.3, 0.4) is 0 Å². The zero-order chi connectivity index (χ0) is 13.7. The topological polar surface area (TPSA) is 59.2 Å². The van der Waals surface area contributed by atoms with Crippen molar-refractivity contribution in [2.24, 2.45) is 5.73 Å². The summed E-state index contributed by atoms with van der Waals surface area (Å²) < 4.78 is 0. The molecule has 2 aromatic heterocycles. The van der Waals surface area contributed by atoms with Crippen molar-refractivity contribution in [1.82, 2.24) is 9.88 Å². The minimum atomic E-state index is 0.0213. The Kier molecular flexibility index (Phi) is 4.65. The lowest BCUT2D eigenvalue weighted by atomic mass is 10.2. The van der Waals surface area contributed by atoms with E-state index >= 15 is 0 Å². The first kappa shape index (κ1) is 13.7. The summed E-state index contributed by atoms with van der Waals surface area (Å²) in [5.74, 6) is 0.0213. The molecule has 2 rings (SSSR count). The molecule has 100 valence electrons. The summed E-state index contributed by atoms with van der Waals surface area (Å²) in [6.07, 6.45) is 1.63. The number of carbonyl (C=O) groups is 1. The molecule has 0 aromatic carbocycles. The number of hydrogen-bond donors (Lipinski definition) is 1. The zero-order valence-corrected chi connectivity index (χ0v) is 11.7. The number of carbonyl (C=O) groups excluding carboxylic acids is 1. The van der Waals surface area contributed by atoms with E-state index in [0.29, 0.717) is 25.2 Å². The van der Waals surface area contributed by atoms with Gasteiger partial charge in [0.1, 0.15) is 0 Å². The molecule has 0 radical (unpaired) electrons. The van der Waals surface area contributed by atoms with Gasteiger partial charge in [0.15, 0.2) is 0 Å². The van der Waals surface area contributed by atoms with Crippen LogP contribution >= 0.6 is 11.3 Å². The van der Waals surface area contributed by atoms with Gasteiger partial charge in [-0.3, -0.25) is 9.78 Å². The van der Waals surface area contributed by atoms with Crippen LogP contribution in [0.2, 0.25) is 0 Å². The Morgan fingerprint density at radius 2 is 2.32 bits per heavy atom. The van der Waals surface area contributed by atoms with E-state index in [4.69, 9.17) is 5.73 Å². The SMILES string of the molecule is CCN(Cc1cccs1)C(=O)c1ccnc(CN)c1. The van der Waals surface area contributed by atoms with E-state index in [2.05, 4.69) is 4.98 Å². The van der Waals surface area contributed by atoms with E-state index in [1.54, 1.807) is 29.7 Å². The minimum absolute atomic E-state index is 0.0213. The minimum Gasteiger partial charge on any atom is -0.334 e. The third kappa shape index (κ3) is 3.39. The molecule has 0 bridgehead atoms. The second-order valence-electron chi connectivity index (χ2n) is 4.14. The normalized spacial score (nSPS) is 10.4. The Hall–Kier alpha value is -1.72. The standard InChI is InChI=1S/C14H17N3OS/c1-2-17(10-13-4-3-7-19-13)14(18)11-5-6-16-12(8-11)9-15/h3-8H,2,9-10,15H2,1H3. The molecule has 2 N–H and O–H groups in total.